The molecule has 3 heteroatoms. The van der Waals surface area contributed by atoms with Gasteiger partial charge in [0.05, 0.1) is 16.3 Å². The molecule has 0 saturated heterocycles. The summed E-state index contributed by atoms with van der Waals surface area (Å²) in [7, 11) is 0. The van der Waals surface area contributed by atoms with E-state index in [9.17, 15) is 0 Å². The number of benzene rings is 3. The smallest absolute Gasteiger partial charge is 0.195 e. The quantitative estimate of drug-likeness (QED) is 0.347. The Hall–Kier alpha value is -3.17. The van der Waals surface area contributed by atoms with Gasteiger partial charge in [-0.25, -0.2) is 4.98 Å². The Morgan fingerprint density at radius 2 is 1.19 bits per heavy atom. The van der Waals surface area contributed by atoms with E-state index < -0.39 is 0 Å². The molecule has 0 aliphatic carbocycles. The van der Waals surface area contributed by atoms with Crippen molar-refractivity contribution in [3.05, 3.63) is 96.7 Å². The van der Waals surface area contributed by atoms with E-state index in [1.165, 1.54) is 21.7 Å². The van der Waals surface area contributed by atoms with Gasteiger partial charge in [0.25, 0.3) is 0 Å². The van der Waals surface area contributed by atoms with Crippen molar-refractivity contribution in [1.29, 1.82) is 0 Å². The lowest BCUT2D eigenvalue weighted by Crippen LogP contribution is -1.92. The molecular weight excluding hydrogens is 348 g/mol. The van der Waals surface area contributed by atoms with Crippen molar-refractivity contribution in [2.45, 2.75) is 6.92 Å². The van der Waals surface area contributed by atoms with Crippen LogP contribution in [0.2, 0.25) is 0 Å². The van der Waals surface area contributed by atoms with Crippen LogP contribution in [0.15, 0.2) is 91.0 Å². The van der Waals surface area contributed by atoms with Crippen LogP contribution in [0.4, 0.5) is 0 Å². The van der Waals surface area contributed by atoms with Crippen LogP contribution in [0.1, 0.15) is 5.69 Å². The molecule has 0 amide bonds. The fraction of sp³-hybridized carbons (Fsp3) is 0.0417. The zero-order valence-electron chi connectivity index (χ0n) is 15.0. The van der Waals surface area contributed by atoms with Crippen LogP contribution in [0.5, 0.6) is 0 Å². The second-order valence-corrected chi connectivity index (χ2v) is 7.52. The first kappa shape index (κ1) is 16.0. The lowest BCUT2D eigenvalue weighted by atomic mass is 10.0. The Morgan fingerprint density at radius 1 is 0.667 bits per heavy atom. The molecule has 0 bridgehead atoms. The number of fused-ring (bicyclic) bond motifs is 1. The highest BCUT2D eigenvalue weighted by Gasteiger charge is 2.21. The fourth-order valence-electron chi connectivity index (χ4n) is 3.56. The van der Waals surface area contributed by atoms with E-state index in [4.69, 9.17) is 4.98 Å². The second kappa shape index (κ2) is 6.53. The Labute approximate surface area is 162 Å². The van der Waals surface area contributed by atoms with Gasteiger partial charge in [0.15, 0.2) is 4.96 Å². The first-order valence-corrected chi connectivity index (χ1v) is 9.82. The van der Waals surface area contributed by atoms with Gasteiger partial charge in [0.1, 0.15) is 0 Å². The van der Waals surface area contributed by atoms with E-state index in [1.807, 2.05) is 6.07 Å². The normalized spacial score (nSPS) is 11.1. The molecule has 0 saturated carbocycles. The molecule has 0 radical (unpaired) electrons. The molecule has 5 aromatic rings. The first-order chi connectivity index (χ1) is 13.3. The van der Waals surface area contributed by atoms with Crippen molar-refractivity contribution >= 4 is 16.3 Å². The summed E-state index contributed by atoms with van der Waals surface area (Å²) in [6.07, 6.45) is 0. The highest BCUT2D eigenvalue weighted by molar-refractivity contribution is 7.20. The number of rotatable bonds is 3. The number of aryl methyl sites for hydroxylation is 1. The van der Waals surface area contributed by atoms with E-state index in [0.29, 0.717) is 0 Å². The van der Waals surface area contributed by atoms with E-state index in [-0.39, 0.29) is 0 Å². The summed E-state index contributed by atoms with van der Waals surface area (Å²) < 4.78 is 2.31. The van der Waals surface area contributed by atoms with Crippen LogP contribution in [-0.2, 0) is 0 Å². The maximum atomic E-state index is 5.05. The third-order valence-electron chi connectivity index (χ3n) is 4.83. The van der Waals surface area contributed by atoms with Crippen LogP contribution in [0.25, 0.3) is 37.9 Å². The lowest BCUT2D eigenvalue weighted by Gasteiger charge is -2.07. The summed E-state index contributed by atoms with van der Waals surface area (Å²) in [4.78, 5) is 7.35. The third-order valence-corrected chi connectivity index (χ3v) is 6.03. The maximum absolute atomic E-state index is 5.05. The monoisotopic (exact) mass is 366 g/mol. The Kier molecular flexibility index (Phi) is 3.88. The topological polar surface area (TPSA) is 17.3 Å². The molecule has 0 N–H and O–H groups in total. The molecule has 2 heterocycles. The van der Waals surface area contributed by atoms with Gasteiger partial charge in [0.2, 0.25) is 0 Å². The minimum Gasteiger partial charge on any atom is -0.286 e. The zero-order valence-corrected chi connectivity index (χ0v) is 15.8. The average molecular weight is 366 g/mol. The van der Waals surface area contributed by atoms with Gasteiger partial charge < -0.3 is 0 Å². The molecular formula is C24H18N2S. The van der Waals surface area contributed by atoms with Gasteiger partial charge in [-0.2, -0.15) is 0 Å². The van der Waals surface area contributed by atoms with E-state index >= 15 is 0 Å². The standard InChI is InChI=1S/C24H18N2S/c1-17-23(20-15-9-4-10-16-20)27-24-25-21(18-11-5-2-6-12-18)22(26(17)24)19-13-7-3-8-14-19/h2-16H,1H3. The van der Waals surface area contributed by atoms with Gasteiger partial charge >= 0.3 is 0 Å². The van der Waals surface area contributed by atoms with Crippen LogP contribution in [0, 0.1) is 6.92 Å². The van der Waals surface area contributed by atoms with Gasteiger partial charge in [0, 0.05) is 16.8 Å². The highest BCUT2D eigenvalue weighted by Crippen LogP contribution is 2.40. The predicted octanol–water partition coefficient (Wildman–Crippen LogP) is 6.71. The summed E-state index contributed by atoms with van der Waals surface area (Å²) in [6, 6.07) is 31.6. The summed E-state index contributed by atoms with van der Waals surface area (Å²) >= 11 is 1.75. The van der Waals surface area contributed by atoms with E-state index in [2.05, 4.69) is 96.3 Å². The summed E-state index contributed by atoms with van der Waals surface area (Å²) in [6.45, 7) is 2.19. The predicted molar refractivity (Wildman–Crippen MR) is 114 cm³/mol. The molecule has 0 atom stereocenters. The molecule has 2 nitrogen and oxygen atoms in total. The van der Waals surface area contributed by atoms with Crippen LogP contribution in [-0.4, -0.2) is 9.38 Å². The van der Waals surface area contributed by atoms with Crippen molar-refractivity contribution in [1.82, 2.24) is 9.38 Å². The number of hydrogen-bond acceptors (Lipinski definition) is 2. The third kappa shape index (κ3) is 2.68. The van der Waals surface area contributed by atoms with Gasteiger partial charge in [-0.1, -0.05) is 102 Å². The van der Waals surface area contributed by atoms with Crippen molar-refractivity contribution < 1.29 is 0 Å². The van der Waals surface area contributed by atoms with Crippen molar-refractivity contribution in [2.24, 2.45) is 0 Å². The molecule has 0 unspecified atom stereocenters. The number of nitrogens with zero attached hydrogens (tertiary/aromatic N) is 2. The van der Waals surface area contributed by atoms with Crippen molar-refractivity contribution in [3.63, 3.8) is 0 Å². The van der Waals surface area contributed by atoms with Crippen molar-refractivity contribution in [2.75, 3.05) is 0 Å². The molecule has 130 valence electrons. The van der Waals surface area contributed by atoms with E-state index in [0.717, 1.165) is 21.9 Å². The van der Waals surface area contributed by atoms with Gasteiger partial charge in [-0.15, -0.1) is 0 Å². The fourth-order valence-corrected chi connectivity index (χ4v) is 4.69. The number of hydrogen-bond donors (Lipinski definition) is 0. The van der Waals surface area contributed by atoms with E-state index in [1.54, 1.807) is 11.3 Å². The molecule has 5 rings (SSSR count). The Morgan fingerprint density at radius 3 is 1.78 bits per heavy atom. The molecule has 0 aliphatic rings. The molecule has 0 aliphatic heterocycles. The minimum atomic E-state index is 1.03. The Bertz CT molecular complexity index is 1200. The molecule has 0 spiro atoms. The van der Waals surface area contributed by atoms with Crippen LogP contribution in [0.3, 0.4) is 0 Å². The average Bonchev–Trinajstić information content (AvgIpc) is 3.27. The van der Waals surface area contributed by atoms with Gasteiger partial charge in [-0.3, -0.25) is 4.40 Å². The largest absolute Gasteiger partial charge is 0.286 e. The second-order valence-electron chi connectivity index (χ2n) is 6.54. The summed E-state index contributed by atoms with van der Waals surface area (Å²) in [5, 5.41) is 0. The highest BCUT2D eigenvalue weighted by atomic mass is 32.1. The molecule has 27 heavy (non-hydrogen) atoms. The lowest BCUT2D eigenvalue weighted by molar-refractivity contribution is 1.14. The van der Waals surface area contributed by atoms with Gasteiger partial charge in [-0.05, 0) is 12.5 Å². The first-order valence-electron chi connectivity index (χ1n) is 9.01. The van der Waals surface area contributed by atoms with Crippen LogP contribution < -0.4 is 0 Å². The SMILES string of the molecule is Cc1c(-c2ccccc2)sc2nc(-c3ccccc3)c(-c3ccccc3)n12. The minimum absolute atomic E-state index is 1.03. The van der Waals surface area contributed by atoms with Crippen molar-refractivity contribution in [3.8, 4) is 33.0 Å². The number of aromatic nitrogens is 2. The molecule has 2 aromatic heterocycles. The van der Waals surface area contributed by atoms with Crippen LogP contribution >= 0.6 is 11.3 Å². The summed E-state index contributed by atoms with van der Waals surface area (Å²) in [5.74, 6) is 0. The molecule has 3 aromatic carbocycles. The summed E-state index contributed by atoms with van der Waals surface area (Å²) in [5.41, 5.74) is 7.00. The molecule has 0 fully saturated rings. The maximum Gasteiger partial charge on any atom is 0.195 e. The zero-order chi connectivity index (χ0) is 18.2. The number of imidazole rings is 1. The Balaban J connectivity index is 1.82. The number of thiazole rings is 1.